The number of nitrogens with one attached hydrogen (secondary N) is 1. The number of pyridine rings is 2. The molecular weight excluding hydrogens is 1160 g/mol. The standard InChI is InChI=1S/C32H43BBrClN4O2.C31H40BrClN4O/c1-33(41)39-16-6-22(7-17-39)18-30(40)37-12-8-23(9-13-37)24-10-14-38(15-11-24)32-29-5-4-28(35)20-25(29)2-3-26-19-27(34)21-36-31(26)32;32-26-18-25-2-1-24-19-27(33)3-4-28(24)31(30(25)35-20-26)37-15-9-23(10-16-37)22-7-13-36(14-8-22)29(38)17-21-5-11-34-12-6-21/h4-5,19-24,32,41H,2-3,6-18H2,1H3;3-4,18-23,31,34H,1-2,5-17H2. The molecule has 11 nitrogen and oxygen atoms in total. The highest BCUT2D eigenvalue weighted by Gasteiger charge is 2.39. The van der Waals surface area contributed by atoms with Gasteiger partial charge in [-0.15, -0.1) is 0 Å². The number of carbonyl (C=O) groups excluding carboxylic acids is 2. The minimum absolute atomic E-state index is 0.181. The summed E-state index contributed by atoms with van der Waals surface area (Å²) >= 11 is 20.1. The second-order valence-corrected chi connectivity index (χ2v) is 27.5. The molecule has 6 aliphatic heterocycles. The molecule has 79 heavy (non-hydrogen) atoms. The largest absolute Gasteiger partial charge is 0.437 e. The highest BCUT2D eigenvalue weighted by Crippen LogP contribution is 2.44. The maximum absolute atomic E-state index is 13.1. The van der Waals surface area contributed by atoms with E-state index in [0.717, 1.165) is 192 Å². The van der Waals surface area contributed by atoms with Crippen molar-refractivity contribution in [1.29, 1.82) is 0 Å². The fourth-order valence-corrected chi connectivity index (χ4v) is 16.6. The third-order valence-corrected chi connectivity index (χ3v) is 21.5. The van der Waals surface area contributed by atoms with Crippen molar-refractivity contribution in [1.82, 2.24) is 39.7 Å². The predicted octanol–water partition coefficient (Wildman–Crippen LogP) is 11.9. The van der Waals surface area contributed by atoms with Gasteiger partial charge in [-0.25, -0.2) is 0 Å². The van der Waals surface area contributed by atoms with Crippen LogP contribution < -0.4 is 5.32 Å². The van der Waals surface area contributed by atoms with Crippen molar-refractivity contribution in [2.24, 2.45) is 35.5 Å². The van der Waals surface area contributed by atoms with E-state index in [1.807, 2.05) is 31.3 Å². The number of hydrogen-bond acceptors (Lipinski definition) is 9. The molecule has 424 valence electrons. The Hall–Kier alpha value is -2.92. The number of carbonyl (C=O) groups is 2. The zero-order chi connectivity index (χ0) is 54.6. The third kappa shape index (κ3) is 14.0. The van der Waals surface area contributed by atoms with Crippen molar-refractivity contribution >= 4 is 73.9 Å². The van der Waals surface area contributed by atoms with E-state index in [4.69, 9.17) is 33.2 Å². The van der Waals surface area contributed by atoms with Crippen LogP contribution in [0.5, 0.6) is 0 Å². The third-order valence-electron chi connectivity index (χ3n) is 20.1. The molecule has 2 aromatic heterocycles. The van der Waals surface area contributed by atoms with Crippen molar-refractivity contribution in [3.63, 3.8) is 0 Å². The molecule has 0 saturated carbocycles. The van der Waals surface area contributed by atoms with Crippen molar-refractivity contribution < 1.29 is 14.6 Å². The van der Waals surface area contributed by atoms with Crippen LogP contribution in [0.1, 0.15) is 147 Å². The van der Waals surface area contributed by atoms with Crippen LogP contribution in [0, 0.1) is 35.5 Å². The van der Waals surface area contributed by atoms with Gasteiger partial charge in [0.15, 0.2) is 0 Å². The molecule has 8 aliphatic rings. The van der Waals surface area contributed by atoms with Crippen LogP contribution in [0.25, 0.3) is 0 Å². The number of benzene rings is 2. The van der Waals surface area contributed by atoms with E-state index in [0.29, 0.717) is 30.1 Å². The normalized spacial score (nSPS) is 23.8. The Kier molecular flexibility index (Phi) is 19.6. The van der Waals surface area contributed by atoms with Crippen LogP contribution >= 0.6 is 55.1 Å². The van der Waals surface area contributed by atoms with Crippen LogP contribution in [0.15, 0.2) is 69.9 Å². The molecule has 6 fully saturated rings. The van der Waals surface area contributed by atoms with Gasteiger partial charge in [-0.2, -0.15) is 0 Å². The van der Waals surface area contributed by atoms with E-state index in [9.17, 15) is 14.6 Å². The zero-order valence-corrected chi connectivity index (χ0v) is 51.3. The van der Waals surface area contributed by atoms with E-state index >= 15 is 0 Å². The Balaban J connectivity index is 0.000000168. The van der Waals surface area contributed by atoms with E-state index in [-0.39, 0.29) is 19.1 Å². The van der Waals surface area contributed by atoms with Crippen molar-refractivity contribution in [3.05, 3.63) is 125 Å². The number of amides is 2. The molecule has 2 unspecified atom stereocenters. The lowest BCUT2D eigenvalue weighted by Crippen LogP contribution is -2.45. The van der Waals surface area contributed by atoms with Crippen LogP contribution in [-0.4, -0.2) is 137 Å². The zero-order valence-electron chi connectivity index (χ0n) is 46.6. The summed E-state index contributed by atoms with van der Waals surface area (Å²) in [7, 11) is -0.380. The summed E-state index contributed by atoms with van der Waals surface area (Å²) in [6.07, 6.45) is 23.2. The van der Waals surface area contributed by atoms with E-state index in [1.54, 1.807) is 0 Å². The van der Waals surface area contributed by atoms with Crippen molar-refractivity contribution in [2.75, 3.05) is 78.5 Å². The molecule has 8 heterocycles. The highest BCUT2D eigenvalue weighted by molar-refractivity contribution is 9.10. The second kappa shape index (κ2) is 26.8. The molecule has 2 N–H and O–H groups in total. The lowest BCUT2D eigenvalue weighted by atomic mass is 9.78. The van der Waals surface area contributed by atoms with Crippen molar-refractivity contribution in [2.45, 2.75) is 134 Å². The summed E-state index contributed by atoms with van der Waals surface area (Å²) in [5.41, 5.74) is 10.6. The lowest BCUT2D eigenvalue weighted by Gasteiger charge is -2.43. The molecule has 4 aromatic rings. The molecule has 2 aromatic carbocycles. The number of halogens is 4. The van der Waals surface area contributed by atoms with E-state index in [2.05, 4.69) is 98.0 Å². The topological polar surface area (TPSA) is 108 Å². The summed E-state index contributed by atoms with van der Waals surface area (Å²) in [5.74, 6) is 4.76. The molecule has 0 spiro atoms. The number of fused-ring (bicyclic) bond motifs is 4. The number of aromatic nitrogens is 2. The number of aryl methyl sites for hydroxylation is 4. The van der Waals surface area contributed by atoms with Gasteiger partial charge in [-0.1, -0.05) is 35.3 Å². The number of nitrogens with zero attached hydrogens (tertiary/aromatic N) is 7. The molecular formula is C63H83BBr2Cl2N8O3. The predicted molar refractivity (Wildman–Crippen MR) is 325 cm³/mol. The Labute approximate surface area is 498 Å². The molecule has 2 aliphatic carbocycles. The quantitative estimate of drug-likeness (QED) is 0.158. The monoisotopic (exact) mass is 1240 g/mol. The van der Waals surface area contributed by atoms with Gasteiger partial charge in [0.05, 0.1) is 23.5 Å². The summed E-state index contributed by atoms with van der Waals surface area (Å²) < 4.78 is 2.10. The van der Waals surface area contributed by atoms with Crippen LogP contribution in [0.4, 0.5) is 0 Å². The number of hydrogen-bond donors (Lipinski definition) is 2. The average Bonchev–Trinajstić information content (AvgIpc) is 4.01. The molecule has 2 amide bonds. The molecule has 16 heteroatoms. The fraction of sp³-hybridized carbons (Fsp3) is 0.619. The van der Waals surface area contributed by atoms with Gasteiger partial charge in [0, 0.05) is 70.4 Å². The summed E-state index contributed by atoms with van der Waals surface area (Å²) in [5, 5.41) is 14.9. The Bertz CT molecular complexity index is 2620. The first kappa shape index (κ1) is 57.9. The fourth-order valence-electron chi connectivity index (χ4n) is 15.5. The van der Waals surface area contributed by atoms with E-state index in [1.165, 1.54) is 83.3 Å². The van der Waals surface area contributed by atoms with Gasteiger partial charge in [-0.3, -0.25) is 29.4 Å². The molecule has 6 saturated heterocycles. The minimum Gasteiger partial charge on any atom is -0.437 e. The summed E-state index contributed by atoms with van der Waals surface area (Å²) in [6.45, 7) is 13.9. The van der Waals surface area contributed by atoms with Crippen LogP contribution in [0.2, 0.25) is 16.9 Å². The first-order valence-electron chi connectivity index (χ1n) is 30.4. The Morgan fingerprint density at radius 2 is 0.924 bits per heavy atom. The molecule has 0 bridgehead atoms. The maximum Gasteiger partial charge on any atom is 0.376 e. The number of rotatable bonds is 9. The molecule has 12 rings (SSSR count). The van der Waals surface area contributed by atoms with Crippen molar-refractivity contribution in [3.8, 4) is 0 Å². The van der Waals surface area contributed by atoms with Gasteiger partial charge < -0.3 is 25.0 Å². The smallest absolute Gasteiger partial charge is 0.376 e. The van der Waals surface area contributed by atoms with Crippen LogP contribution in [-0.2, 0) is 35.3 Å². The summed E-state index contributed by atoms with van der Waals surface area (Å²) in [6, 6.07) is 17.8. The first-order valence-corrected chi connectivity index (χ1v) is 32.8. The summed E-state index contributed by atoms with van der Waals surface area (Å²) in [4.78, 5) is 47.7. The SMILES string of the molecule is CB(O)N1CCC(CC(=O)N2CCC(C3CCN(C4c5ccc(Cl)cc5CCc5cc(Br)cnc54)CC3)CC2)CC1.O=C(CC1CCNCC1)N1CCC(C2CCN(C3c4ccc(Cl)cc4CCc4cc(Br)cnc43)CC2)CC1. The van der Waals surface area contributed by atoms with E-state index < -0.39 is 0 Å². The minimum atomic E-state index is -0.380. The molecule has 0 radical (unpaired) electrons. The Morgan fingerprint density at radius 1 is 0.544 bits per heavy atom. The maximum atomic E-state index is 13.1. The van der Waals surface area contributed by atoms with Crippen LogP contribution in [0.3, 0.4) is 0 Å². The lowest BCUT2D eigenvalue weighted by molar-refractivity contribution is -0.135. The first-order chi connectivity index (χ1) is 38.4. The van der Waals surface area contributed by atoms with Gasteiger partial charge in [0.25, 0.3) is 0 Å². The number of likely N-dealkylation sites (tertiary alicyclic amines) is 4. The Morgan fingerprint density at radius 3 is 1.33 bits per heavy atom. The second-order valence-electron chi connectivity index (χ2n) is 24.8. The van der Waals surface area contributed by atoms with Gasteiger partial charge in [0.1, 0.15) is 0 Å². The molecule has 2 atom stereocenters. The number of piperidine rings is 6. The van der Waals surface area contributed by atoms with Gasteiger partial charge in [0.2, 0.25) is 11.8 Å². The highest BCUT2D eigenvalue weighted by atomic mass is 79.9. The van der Waals surface area contributed by atoms with Gasteiger partial charge in [-0.05, 0) is 299 Å². The average molecular weight is 1240 g/mol. The van der Waals surface area contributed by atoms with Gasteiger partial charge >= 0.3 is 7.05 Å².